The van der Waals surface area contributed by atoms with Gasteiger partial charge in [0.1, 0.15) is 6.61 Å². The van der Waals surface area contributed by atoms with Crippen LogP contribution in [0.15, 0.2) is 6.07 Å². The average Bonchev–Trinajstić information content (AvgIpc) is 2.28. The van der Waals surface area contributed by atoms with Crippen LogP contribution in [-0.2, 0) is 9.53 Å². The fourth-order valence-electron chi connectivity index (χ4n) is 1.24. The van der Waals surface area contributed by atoms with Crippen molar-refractivity contribution in [2.24, 2.45) is 0 Å². The van der Waals surface area contributed by atoms with Gasteiger partial charge in [0.2, 0.25) is 11.8 Å². The van der Waals surface area contributed by atoms with Crippen LogP contribution in [-0.4, -0.2) is 47.4 Å². The van der Waals surface area contributed by atoms with E-state index in [0.717, 1.165) is 5.69 Å². The minimum absolute atomic E-state index is 0.271. The number of ether oxygens (including phenoxy) is 2. The van der Waals surface area contributed by atoms with Gasteiger partial charge in [-0.1, -0.05) is 0 Å². The molecule has 0 aliphatic heterocycles. The second-order valence-corrected chi connectivity index (χ2v) is 3.48. The second kappa shape index (κ2) is 7.44. The number of rotatable bonds is 8. The molecule has 0 aromatic carbocycles. The quantitative estimate of drug-likeness (QED) is 0.660. The summed E-state index contributed by atoms with van der Waals surface area (Å²) in [5.41, 5.74) is 0.794. The Hall–Kier alpha value is -1.89. The number of nitrogens with zero attached hydrogens (tertiary/aromatic N) is 2. The van der Waals surface area contributed by atoms with E-state index in [2.05, 4.69) is 15.3 Å². The van der Waals surface area contributed by atoms with Crippen LogP contribution in [0.2, 0.25) is 0 Å². The van der Waals surface area contributed by atoms with Gasteiger partial charge in [0, 0.05) is 18.3 Å². The molecule has 2 N–H and O–H groups in total. The van der Waals surface area contributed by atoms with Crippen LogP contribution < -0.4 is 10.1 Å². The van der Waals surface area contributed by atoms with Crippen LogP contribution in [0.25, 0.3) is 0 Å². The topological polar surface area (TPSA) is 93.6 Å². The van der Waals surface area contributed by atoms with Crippen molar-refractivity contribution < 1.29 is 19.4 Å². The minimum atomic E-state index is -0.986. The summed E-state index contributed by atoms with van der Waals surface area (Å²) in [5.74, 6) is -0.0308. The third kappa shape index (κ3) is 5.44. The number of anilines is 1. The molecule has 1 aromatic rings. The van der Waals surface area contributed by atoms with Crippen LogP contribution in [0, 0.1) is 6.92 Å². The fourth-order valence-corrected chi connectivity index (χ4v) is 1.24. The van der Waals surface area contributed by atoms with Gasteiger partial charge in [0.25, 0.3) is 0 Å². The molecule has 7 heteroatoms. The maximum Gasteiger partial charge on any atom is 0.329 e. The second-order valence-electron chi connectivity index (χ2n) is 3.48. The number of carbonyl (C=O) groups is 1. The summed E-state index contributed by atoms with van der Waals surface area (Å²) in [7, 11) is 0. The number of aromatic nitrogens is 2. The molecule has 0 fully saturated rings. The van der Waals surface area contributed by atoms with E-state index in [1.54, 1.807) is 6.07 Å². The Kier molecular flexibility index (Phi) is 5.86. The molecule has 0 unspecified atom stereocenters. The van der Waals surface area contributed by atoms with Crippen LogP contribution in [0.3, 0.4) is 0 Å². The highest BCUT2D eigenvalue weighted by molar-refractivity contribution is 5.67. The lowest BCUT2D eigenvalue weighted by Gasteiger charge is -2.08. The summed E-state index contributed by atoms with van der Waals surface area (Å²) in [4.78, 5) is 18.5. The molecular weight excluding hydrogens is 238 g/mol. The van der Waals surface area contributed by atoms with E-state index in [9.17, 15) is 4.79 Å². The van der Waals surface area contributed by atoms with Gasteiger partial charge in [-0.25, -0.2) is 9.78 Å². The maximum atomic E-state index is 10.2. The van der Waals surface area contributed by atoms with Crippen molar-refractivity contribution in [3.63, 3.8) is 0 Å². The molecule has 1 rings (SSSR count). The monoisotopic (exact) mass is 255 g/mol. The Balaban J connectivity index is 2.39. The van der Waals surface area contributed by atoms with Gasteiger partial charge < -0.3 is 19.9 Å². The van der Waals surface area contributed by atoms with Crippen molar-refractivity contribution in [1.82, 2.24) is 9.97 Å². The third-order valence-electron chi connectivity index (χ3n) is 1.88. The zero-order chi connectivity index (χ0) is 13.4. The predicted octanol–water partition coefficient (Wildman–Crippen LogP) is 0.697. The molecular formula is C11H17N3O4. The average molecular weight is 255 g/mol. The summed E-state index contributed by atoms with van der Waals surface area (Å²) >= 11 is 0. The number of aryl methyl sites for hydroxylation is 1. The molecule has 0 aliphatic carbocycles. The largest absolute Gasteiger partial charge is 0.480 e. The molecule has 0 amide bonds. The molecule has 0 saturated carbocycles. The van der Waals surface area contributed by atoms with Gasteiger partial charge in [-0.2, -0.15) is 4.98 Å². The van der Waals surface area contributed by atoms with E-state index in [0.29, 0.717) is 25.0 Å². The smallest absolute Gasteiger partial charge is 0.329 e. The Morgan fingerprint density at radius 1 is 1.50 bits per heavy atom. The zero-order valence-electron chi connectivity index (χ0n) is 10.5. The lowest BCUT2D eigenvalue weighted by Crippen LogP contribution is -2.15. The number of nitrogens with one attached hydrogen (secondary N) is 1. The number of aliphatic carboxylic acids is 1. The maximum absolute atomic E-state index is 10.2. The molecule has 1 heterocycles. The fraction of sp³-hybridized carbons (Fsp3) is 0.545. The predicted molar refractivity (Wildman–Crippen MR) is 64.9 cm³/mol. The van der Waals surface area contributed by atoms with Crippen molar-refractivity contribution in [1.29, 1.82) is 0 Å². The van der Waals surface area contributed by atoms with Crippen LogP contribution >= 0.6 is 0 Å². The van der Waals surface area contributed by atoms with Crippen molar-refractivity contribution in [2.75, 3.05) is 31.7 Å². The number of carboxylic acid groups (broad SMARTS) is 1. The molecule has 1 aromatic heterocycles. The lowest BCUT2D eigenvalue weighted by atomic mass is 10.4. The molecule has 0 radical (unpaired) electrons. The van der Waals surface area contributed by atoms with E-state index in [4.69, 9.17) is 14.6 Å². The van der Waals surface area contributed by atoms with Crippen molar-refractivity contribution in [3.05, 3.63) is 11.8 Å². The van der Waals surface area contributed by atoms with Gasteiger partial charge in [0.15, 0.2) is 0 Å². The number of carboxylic acids is 1. The normalized spacial score (nSPS) is 10.1. The first kappa shape index (κ1) is 14.2. The summed E-state index contributed by atoms with van der Waals surface area (Å²) in [5, 5.41) is 11.3. The molecule has 0 aliphatic rings. The van der Waals surface area contributed by atoms with Gasteiger partial charge in [-0.05, 0) is 13.8 Å². The van der Waals surface area contributed by atoms with Crippen LogP contribution in [0.4, 0.5) is 5.95 Å². The minimum Gasteiger partial charge on any atom is -0.480 e. The molecule has 18 heavy (non-hydrogen) atoms. The Morgan fingerprint density at radius 3 is 2.94 bits per heavy atom. The van der Waals surface area contributed by atoms with E-state index < -0.39 is 5.97 Å². The highest BCUT2D eigenvalue weighted by Crippen LogP contribution is 2.11. The standard InChI is InChI=1S/C11H17N3O4/c1-3-18-9-6-8(2)13-11(14-9)12-4-5-17-7-10(15)16/h6H,3-5,7H2,1-2H3,(H,15,16)(H,12,13,14). The molecule has 100 valence electrons. The third-order valence-corrected chi connectivity index (χ3v) is 1.88. The summed E-state index contributed by atoms with van der Waals surface area (Å²) < 4.78 is 10.2. The first-order valence-electron chi connectivity index (χ1n) is 5.63. The molecule has 0 bridgehead atoms. The number of hydrogen-bond acceptors (Lipinski definition) is 6. The van der Waals surface area contributed by atoms with E-state index in [1.165, 1.54) is 0 Å². The molecule has 0 spiro atoms. The SMILES string of the molecule is CCOc1cc(C)nc(NCCOCC(=O)O)n1. The number of hydrogen-bond donors (Lipinski definition) is 2. The molecule has 0 saturated heterocycles. The Labute approximate surface area is 105 Å². The Bertz CT molecular complexity index is 398. The summed E-state index contributed by atoms with van der Waals surface area (Å²) in [6.45, 7) is 4.66. The van der Waals surface area contributed by atoms with Gasteiger partial charge in [-0.3, -0.25) is 0 Å². The van der Waals surface area contributed by atoms with E-state index >= 15 is 0 Å². The highest BCUT2D eigenvalue weighted by atomic mass is 16.5. The first-order chi connectivity index (χ1) is 8.61. The summed E-state index contributed by atoms with van der Waals surface area (Å²) in [6, 6.07) is 1.75. The lowest BCUT2D eigenvalue weighted by molar-refractivity contribution is -0.142. The van der Waals surface area contributed by atoms with Crippen LogP contribution in [0.5, 0.6) is 5.88 Å². The van der Waals surface area contributed by atoms with Gasteiger partial charge in [0.05, 0.1) is 13.2 Å². The summed E-state index contributed by atoms with van der Waals surface area (Å²) in [6.07, 6.45) is 0. The highest BCUT2D eigenvalue weighted by Gasteiger charge is 2.02. The van der Waals surface area contributed by atoms with E-state index in [-0.39, 0.29) is 13.2 Å². The zero-order valence-corrected chi connectivity index (χ0v) is 10.5. The molecule has 7 nitrogen and oxygen atoms in total. The van der Waals surface area contributed by atoms with Gasteiger partial charge >= 0.3 is 5.97 Å². The van der Waals surface area contributed by atoms with Crippen LogP contribution in [0.1, 0.15) is 12.6 Å². The van der Waals surface area contributed by atoms with Crippen molar-refractivity contribution >= 4 is 11.9 Å². The first-order valence-corrected chi connectivity index (χ1v) is 5.63. The van der Waals surface area contributed by atoms with E-state index in [1.807, 2.05) is 13.8 Å². The van der Waals surface area contributed by atoms with Crippen molar-refractivity contribution in [3.8, 4) is 5.88 Å². The van der Waals surface area contributed by atoms with Gasteiger partial charge in [-0.15, -0.1) is 0 Å². The van der Waals surface area contributed by atoms with Crippen molar-refractivity contribution in [2.45, 2.75) is 13.8 Å². The Morgan fingerprint density at radius 2 is 2.28 bits per heavy atom. The molecule has 0 atom stereocenters.